The smallest absolute Gasteiger partial charge is 0.338 e. The zero-order chi connectivity index (χ0) is 22.3. The summed E-state index contributed by atoms with van der Waals surface area (Å²) < 4.78 is 30.6. The van der Waals surface area contributed by atoms with E-state index in [9.17, 15) is 18.0 Å². The monoisotopic (exact) mass is 432 g/mol. The number of anilines is 2. The minimum atomic E-state index is -3.46. The van der Waals surface area contributed by atoms with E-state index in [0.29, 0.717) is 23.4 Å². The number of nitrogens with one attached hydrogen (secondary N) is 1. The average molecular weight is 433 g/mol. The van der Waals surface area contributed by atoms with Gasteiger partial charge in [-0.2, -0.15) is 0 Å². The van der Waals surface area contributed by atoms with Crippen LogP contribution in [0.4, 0.5) is 11.4 Å². The molecule has 2 aromatic carbocycles. The Balaban J connectivity index is 2.00. The lowest BCUT2D eigenvalue weighted by Crippen LogP contribution is -2.31. The molecule has 7 nitrogen and oxygen atoms in total. The first-order chi connectivity index (χ1) is 14.1. The fraction of sp³-hybridized carbons (Fsp3) is 0.364. The normalized spacial score (nSPS) is 11.1. The molecule has 0 aliphatic carbocycles. The molecule has 0 radical (unpaired) electrons. The Labute approximate surface area is 178 Å². The Kier molecular flexibility index (Phi) is 8.00. The molecule has 0 aliphatic rings. The zero-order valence-electron chi connectivity index (χ0n) is 17.8. The second kappa shape index (κ2) is 10.2. The number of nitrogens with zero attached hydrogens (tertiary/aromatic N) is 1. The average Bonchev–Trinajstić information content (AvgIpc) is 2.67. The maximum absolute atomic E-state index is 12.4. The van der Waals surface area contributed by atoms with Gasteiger partial charge in [0.15, 0.2) is 0 Å². The summed E-state index contributed by atoms with van der Waals surface area (Å²) in [6.45, 7) is 5.94. The van der Waals surface area contributed by atoms with Crippen LogP contribution in [0.25, 0.3) is 0 Å². The van der Waals surface area contributed by atoms with Crippen molar-refractivity contribution >= 4 is 33.3 Å². The van der Waals surface area contributed by atoms with Gasteiger partial charge < -0.3 is 10.1 Å². The number of esters is 1. The van der Waals surface area contributed by atoms with E-state index in [2.05, 4.69) is 5.32 Å². The van der Waals surface area contributed by atoms with Crippen molar-refractivity contribution in [2.24, 2.45) is 0 Å². The highest BCUT2D eigenvalue weighted by Crippen LogP contribution is 2.20. The number of amides is 1. The summed E-state index contributed by atoms with van der Waals surface area (Å²) in [7, 11) is -3.46. The first-order valence-corrected chi connectivity index (χ1v) is 11.6. The molecule has 0 heterocycles. The molecule has 0 spiro atoms. The van der Waals surface area contributed by atoms with E-state index >= 15 is 0 Å². The number of rotatable bonds is 9. The quantitative estimate of drug-likeness (QED) is 0.611. The molecule has 0 saturated carbocycles. The maximum atomic E-state index is 12.4. The number of benzene rings is 2. The van der Waals surface area contributed by atoms with Crippen molar-refractivity contribution in [2.45, 2.75) is 33.6 Å². The first-order valence-electron chi connectivity index (χ1n) is 9.74. The molecule has 0 fully saturated rings. The molecule has 0 aliphatic heterocycles. The van der Waals surface area contributed by atoms with Crippen LogP contribution >= 0.6 is 0 Å². The molecule has 0 saturated heterocycles. The van der Waals surface area contributed by atoms with Crippen molar-refractivity contribution in [2.75, 3.05) is 29.0 Å². The summed E-state index contributed by atoms with van der Waals surface area (Å²) in [5, 5.41) is 2.79. The van der Waals surface area contributed by atoms with Crippen LogP contribution in [0.1, 0.15) is 41.3 Å². The predicted molar refractivity (Wildman–Crippen MR) is 118 cm³/mol. The minimum Gasteiger partial charge on any atom is -0.462 e. The summed E-state index contributed by atoms with van der Waals surface area (Å²) in [6.07, 6.45) is 1.64. The van der Waals surface area contributed by atoms with Crippen molar-refractivity contribution in [1.82, 2.24) is 0 Å². The van der Waals surface area contributed by atoms with Gasteiger partial charge in [-0.25, -0.2) is 13.2 Å². The van der Waals surface area contributed by atoms with Gasteiger partial charge in [-0.05, 0) is 57.0 Å². The maximum Gasteiger partial charge on any atom is 0.338 e. The second-order valence-electron chi connectivity index (χ2n) is 7.07. The van der Waals surface area contributed by atoms with Crippen LogP contribution in [0.2, 0.25) is 0 Å². The largest absolute Gasteiger partial charge is 0.462 e. The Bertz CT molecular complexity index is 1000. The molecule has 1 N–H and O–H groups in total. The van der Waals surface area contributed by atoms with E-state index in [0.717, 1.165) is 17.4 Å². The Morgan fingerprint density at radius 2 is 1.73 bits per heavy atom. The Morgan fingerprint density at radius 1 is 1.07 bits per heavy atom. The van der Waals surface area contributed by atoms with Gasteiger partial charge >= 0.3 is 5.97 Å². The van der Waals surface area contributed by atoms with Gasteiger partial charge in [0, 0.05) is 18.7 Å². The minimum absolute atomic E-state index is 0.140. The number of hydrogen-bond acceptors (Lipinski definition) is 5. The summed E-state index contributed by atoms with van der Waals surface area (Å²) in [4.78, 5) is 24.3. The van der Waals surface area contributed by atoms with Gasteiger partial charge in [0.05, 0.1) is 24.1 Å². The lowest BCUT2D eigenvalue weighted by Gasteiger charge is -2.22. The summed E-state index contributed by atoms with van der Waals surface area (Å²) in [5.74, 6) is -0.702. The number of carbonyl (C=O) groups is 2. The first kappa shape index (κ1) is 23.4. The molecular weight excluding hydrogens is 404 g/mol. The Hall–Kier alpha value is -2.87. The number of hydrogen-bond donors (Lipinski definition) is 1. The van der Waals surface area contributed by atoms with Crippen LogP contribution in [-0.2, 0) is 19.6 Å². The third-order valence-electron chi connectivity index (χ3n) is 4.51. The highest BCUT2D eigenvalue weighted by atomic mass is 32.2. The van der Waals surface area contributed by atoms with Gasteiger partial charge in [0.25, 0.3) is 0 Å². The standard InChI is InChI=1S/C22H28N2O5S/c1-5-29-22(26)18-11-10-17(3)20(15-18)23-21(25)7-6-14-24(30(4,27)28)19-12-8-16(2)9-13-19/h8-13,15H,5-7,14H2,1-4H3,(H,23,25). The van der Waals surface area contributed by atoms with E-state index in [-0.39, 0.29) is 25.5 Å². The number of sulfonamides is 1. The van der Waals surface area contributed by atoms with Crippen LogP contribution in [0, 0.1) is 13.8 Å². The van der Waals surface area contributed by atoms with E-state index in [1.807, 2.05) is 26.0 Å². The zero-order valence-corrected chi connectivity index (χ0v) is 18.6. The lowest BCUT2D eigenvalue weighted by atomic mass is 10.1. The third kappa shape index (κ3) is 6.59. The fourth-order valence-corrected chi connectivity index (χ4v) is 3.86. The number of carbonyl (C=O) groups excluding carboxylic acids is 2. The fourth-order valence-electron chi connectivity index (χ4n) is 2.89. The van der Waals surface area contributed by atoms with E-state index in [1.54, 1.807) is 37.3 Å². The van der Waals surface area contributed by atoms with Crippen molar-refractivity contribution in [3.8, 4) is 0 Å². The summed E-state index contributed by atoms with van der Waals surface area (Å²) >= 11 is 0. The van der Waals surface area contributed by atoms with Gasteiger partial charge in [0.1, 0.15) is 0 Å². The molecule has 162 valence electrons. The van der Waals surface area contributed by atoms with Crippen LogP contribution in [0.5, 0.6) is 0 Å². The van der Waals surface area contributed by atoms with E-state index < -0.39 is 16.0 Å². The molecule has 0 bridgehead atoms. The predicted octanol–water partition coefficient (Wildman–Crippen LogP) is 3.67. The highest BCUT2D eigenvalue weighted by molar-refractivity contribution is 7.92. The molecule has 30 heavy (non-hydrogen) atoms. The van der Waals surface area contributed by atoms with Crippen molar-refractivity contribution in [3.05, 3.63) is 59.2 Å². The molecule has 1 amide bonds. The lowest BCUT2D eigenvalue weighted by molar-refractivity contribution is -0.116. The van der Waals surface area contributed by atoms with Crippen LogP contribution < -0.4 is 9.62 Å². The highest BCUT2D eigenvalue weighted by Gasteiger charge is 2.18. The Morgan fingerprint density at radius 3 is 2.33 bits per heavy atom. The summed E-state index contributed by atoms with van der Waals surface area (Å²) in [6, 6.07) is 12.2. The molecular formula is C22H28N2O5S. The van der Waals surface area contributed by atoms with Crippen LogP contribution in [0.15, 0.2) is 42.5 Å². The van der Waals surface area contributed by atoms with Crippen molar-refractivity contribution < 1.29 is 22.7 Å². The van der Waals surface area contributed by atoms with Gasteiger partial charge in [-0.3, -0.25) is 9.10 Å². The van der Waals surface area contributed by atoms with Crippen LogP contribution in [-0.4, -0.2) is 39.7 Å². The number of ether oxygens (including phenoxy) is 1. The van der Waals surface area contributed by atoms with Crippen molar-refractivity contribution in [1.29, 1.82) is 0 Å². The molecule has 0 atom stereocenters. The number of aryl methyl sites for hydroxylation is 2. The van der Waals surface area contributed by atoms with Gasteiger partial charge in [-0.1, -0.05) is 23.8 Å². The molecule has 2 rings (SSSR count). The van der Waals surface area contributed by atoms with Crippen molar-refractivity contribution in [3.63, 3.8) is 0 Å². The second-order valence-corrected chi connectivity index (χ2v) is 8.98. The van der Waals surface area contributed by atoms with Crippen LogP contribution in [0.3, 0.4) is 0 Å². The summed E-state index contributed by atoms with van der Waals surface area (Å²) in [5.41, 5.74) is 3.31. The van der Waals surface area contributed by atoms with E-state index in [1.165, 1.54) is 4.31 Å². The van der Waals surface area contributed by atoms with E-state index in [4.69, 9.17) is 4.74 Å². The molecule has 2 aromatic rings. The molecule has 8 heteroatoms. The van der Waals surface area contributed by atoms with Gasteiger partial charge in [-0.15, -0.1) is 0 Å². The molecule has 0 aromatic heterocycles. The SMILES string of the molecule is CCOC(=O)c1ccc(C)c(NC(=O)CCCN(c2ccc(C)cc2)S(C)(=O)=O)c1. The topological polar surface area (TPSA) is 92.8 Å². The van der Waals surface area contributed by atoms with Gasteiger partial charge in [0.2, 0.25) is 15.9 Å². The third-order valence-corrected chi connectivity index (χ3v) is 5.70. The molecule has 0 unspecified atom stereocenters.